The van der Waals surface area contributed by atoms with Crippen molar-refractivity contribution in [3.05, 3.63) is 26.8 Å². The van der Waals surface area contributed by atoms with Crippen LogP contribution in [0.3, 0.4) is 0 Å². The molecule has 0 amide bonds. The standard InChI is InChI=1S/C9H6INO3/c1-14-9(13)7-5(4-11)2-3-6(10)8(7)12/h2-3,12H,1H3. The van der Waals surface area contributed by atoms with Crippen LogP contribution in [-0.4, -0.2) is 18.2 Å². The number of rotatable bonds is 1. The summed E-state index contributed by atoms with van der Waals surface area (Å²) in [6.45, 7) is 0. The van der Waals surface area contributed by atoms with Crippen LogP contribution in [0.1, 0.15) is 15.9 Å². The largest absolute Gasteiger partial charge is 0.506 e. The van der Waals surface area contributed by atoms with Gasteiger partial charge in [-0.05, 0) is 34.7 Å². The molecule has 4 nitrogen and oxygen atoms in total. The molecule has 1 N–H and O–H groups in total. The minimum atomic E-state index is -0.711. The lowest BCUT2D eigenvalue weighted by molar-refractivity contribution is 0.0597. The Morgan fingerprint density at radius 3 is 2.79 bits per heavy atom. The van der Waals surface area contributed by atoms with Gasteiger partial charge in [-0.1, -0.05) is 0 Å². The van der Waals surface area contributed by atoms with Gasteiger partial charge in [-0.15, -0.1) is 0 Å². The summed E-state index contributed by atoms with van der Waals surface area (Å²) in [4.78, 5) is 11.2. The fraction of sp³-hybridized carbons (Fsp3) is 0.111. The highest BCUT2D eigenvalue weighted by atomic mass is 127. The first kappa shape index (κ1) is 10.8. The van der Waals surface area contributed by atoms with Gasteiger partial charge in [0.05, 0.1) is 16.2 Å². The van der Waals surface area contributed by atoms with Crippen molar-refractivity contribution in [3.8, 4) is 11.8 Å². The summed E-state index contributed by atoms with van der Waals surface area (Å²) in [6, 6.07) is 4.84. The lowest BCUT2D eigenvalue weighted by atomic mass is 10.1. The summed E-state index contributed by atoms with van der Waals surface area (Å²) < 4.78 is 4.96. The Labute approximate surface area is 94.2 Å². The van der Waals surface area contributed by atoms with Crippen LogP contribution in [0.25, 0.3) is 0 Å². The van der Waals surface area contributed by atoms with Gasteiger partial charge in [0.15, 0.2) is 0 Å². The number of halogens is 1. The first-order valence-electron chi connectivity index (χ1n) is 3.61. The Kier molecular flexibility index (Phi) is 3.30. The highest BCUT2D eigenvalue weighted by molar-refractivity contribution is 14.1. The topological polar surface area (TPSA) is 70.3 Å². The van der Waals surface area contributed by atoms with E-state index in [0.717, 1.165) is 0 Å². The number of carbonyl (C=O) groups excluding carboxylic acids is 1. The van der Waals surface area contributed by atoms with E-state index in [1.165, 1.54) is 13.2 Å². The van der Waals surface area contributed by atoms with Crippen LogP contribution in [0, 0.1) is 14.9 Å². The van der Waals surface area contributed by atoms with Crippen molar-refractivity contribution < 1.29 is 14.6 Å². The summed E-state index contributed by atoms with van der Waals surface area (Å²) in [5.41, 5.74) is 0.0247. The molecule has 0 bridgehead atoms. The number of nitrogens with zero attached hydrogens (tertiary/aromatic N) is 1. The van der Waals surface area contributed by atoms with E-state index in [9.17, 15) is 9.90 Å². The zero-order valence-corrected chi connectivity index (χ0v) is 9.40. The van der Waals surface area contributed by atoms with Crippen LogP contribution in [-0.2, 0) is 4.74 Å². The van der Waals surface area contributed by atoms with Crippen LogP contribution in [0.5, 0.6) is 5.75 Å². The van der Waals surface area contributed by atoms with Crippen LogP contribution >= 0.6 is 22.6 Å². The second-order valence-electron chi connectivity index (χ2n) is 2.42. The predicted octanol–water partition coefficient (Wildman–Crippen LogP) is 1.66. The van der Waals surface area contributed by atoms with Crippen molar-refractivity contribution in [2.24, 2.45) is 0 Å². The molecule has 1 aromatic carbocycles. The number of carbonyl (C=O) groups is 1. The monoisotopic (exact) mass is 303 g/mol. The molecular formula is C9H6INO3. The molecule has 0 unspecified atom stereocenters. The van der Waals surface area contributed by atoms with Crippen molar-refractivity contribution in [3.63, 3.8) is 0 Å². The van der Waals surface area contributed by atoms with E-state index in [-0.39, 0.29) is 16.9 Å². The summed E-state index contributed by atoms with van der Waals surface area (Å²) in [7, 11) is 1.20. The van der Waals surface area contributed by atoms with Gasteiger partial charge in [0.25, 0.3) is 0 Å². The van der Waals surface area contributed by atoms with E-state index >= 15 is 0 Å². The summed E-state index contributed by atoms with van der Waals surface area (Å²) in [5, 5.41) is 18.3. The van der Waals surface area contributed by atoms with Crippen LogP contribution in [0.2, 0.25) is 0 Å². The van der Waals surface area contributed by atoms with Crippen molar-refractivity contribution in [2.45, 2.75) is 0 Å². The van der Waals surface area contributed by atoms with Gasteiger partial charge in [-0.3, -0.25) is 0 Å². The Hall–Kier alpha value is -1.29. The number of aromatic hydroxyl groups is 1. The van der Waals surface area contributed by atoms with E-state index in [2.05, 4.69) is 4.74 Å². The summed E-state index contributed by atoms with van der Waals surface area (Å²) in [5.74, 6) is -0.922. The molecule has 0 aromatic heterocycles. The molecule has 0 atom stereocenters. The maximum atomic E-state index is 11.2. The number of phenols is 1. The molecule has 0 fully saturated rings. The molecule has 0 aliphatic carbocycles. The average Bonchev–Trinajstić information content (AvgIpc) is 2.20. The zero-order valence-electron chi connectivity index (χ0n) is 7.24. The molecule has 5 heteroatoms. The van der Waals surface area contributed by atoms with Gasteiger partial charge in [0.1, 0.15) is 17.4 Å². The van der Waals surface area contributed by atoms with Crippen molar-refractivity contribution in [1.29, 1.82) is 5.26 Å². The van der Waals surface area contributed by atoms with E-state index in [4.69, 9.17) is 5.26 Å². The summed E-state index contributed by atoms with van der Waals surface area (Å²) >= 11 is 1.87. The van der Waals surface area contributed by atoms with Gasteiger partial charge in [0, 0.05) is 0 Å². The third kappa shape index (κ3) is 1.80. The smallest absolute Gasteiger partial charge is 0.343 e. The van der Waals surface area contributed by atoms with Gasteiger partial charge >= 0.3 is 5.97 Å². The molecule has 0 aliphatic rings. The highest BCUT2D eigenvalue weighted by Crippen LogP contribution is 2.27. The molecule has 0 saturated heterocycles. The molecule has 0 saturated carbocycles. The predicted molar refractivity (Wildman–Crippen MR) is 56.9 cm³/mol. The molecule has 1 aromatic rings. The van der Waals surface area contributed by atoms with Crippen molar-refractivity contribution in [1.82, 2.24) is 0 Å². The first-order valence-corrected chi connectivity index (χ1v) is 4.69. The Morgan fingerprint density at radius 1 is 1.64 bits per heavy atom. The van der Waals surface area contributed by atoms with Crippen LogP contribution in [0.4, 0.5) is 0 Å². The molecule has 72 valence electrons. The number of hydrogen-bond donors (Lipinski definition) is 1. The van der Waals surface area contributed by atoms with Gasteiger partial charge < -0.3 is 9.84 Å². The number of ether oxygens (including phenoxy) is 1. The second kappa shape index (κ2) is 4.28. The molecule has 14 heavy (non-hydrogen) atoms. The maximum absolute atomic E-state index is 11.2. The second-order valence-corrected chi connectivity index (χ2v) is 3.58. The highest BCUT2D eigenvalue weighted by Gasteiger charge is 2.18. The number of esters is 1. The van der Waals surface area contributed by atoms with Crippen LogP contribution in [0.15, 0.2) is 12.1 Å². The Bertz CT molecular complexity index is 423. The lowest BCUT2D eigenvalue weighted by Crippen LogP contribution is -2.05. The zero-order chi connectivity index (χ0) is 10.7. The van der Waals surface area contributed by atoms with E-state index < -0.39 is 5.97 Å². The fourth-order valence-corrected chi connectivity index (χ4v) is 1.42. The number of methoxy groups -OCH3 is 1. The quantitative estimate of drug-likeness (QED) is 0.632. The molecule has 0 radical (unpaired) electrons. The van der Waals surface area contributed by atoms with Crippen molar-refractivity contribution in [2.75, 3.05) is 7.11 Å². The summed E-state index contributed by atoms with van der Waals surface area (Å²) in [6.07, 6.45) is 0. The minimum absolute atomic E-state index is 0.0816. The lowest BCUT2D eigenvalue weighted by Gasteiger charge is -2.05. The molecular weight excluding hydrogens is 297 g/mol. The van der Waals surface area contributed by atoms with Gasteiger partial charge in [-0.2, -0.15) is 5.26 Å². The molecule has 0 heterocycles. The number of nitriles is 1. The number of hydrogen-bond acceptors (Lipinski definition) is 4. The SMILES string of the molecule is COC(=O)c1c(C#N)ccc(I)c1O. The number of benzene rings is 1. The van der Waals surface area contributed by atoms with Crippen LogP contribution < -0.4 is 0 Å². The number of phenolic OH excluding ortho intramolecular Hbond substituents is 1. The van der Waals surface area contributed by atoms with Gasteiger partial charge in [0.2, 0.25) is 0 Å². The van der Waals surface area contributed by atoms with E-state index in [0.29, 0.717) is 3.57 Å². The normalized spacial score (nSPS) is 9.21. The molecule has 1 rings (SSSR count). The third-order valence-corrected chi connectivity index (χ3v) is 2.51. The Morgan fingerprint density at radius 2 is 2.29 bits per heavy atom. The maximum Gasteiger partial charge on any atom is 0.343 e. The Balaban J connectivity index is 3.45. The van der Waals surface area contributed by atoms with Gasteiger partial charge in [-0.25, -0.2) is 4.79 Å². The fourth-order valence-electron chi connectivity index (χ4n) is 0.968. The molecule has 0 aliphatic heterocycles. The first-order chi connectivity index (χ1) is 6.61. The molecule has 0 spiro atoms. The van der Waals surface area contributed by atoms with E-state index in [1.807, 2.05) is 28.7 Å². The average molecular weight is 303 g/mol. The van der Waals surface area contributed by atoms with E-state index in [1.54, 1.807) is 6.07 Å². The minimum Gasteiger partial charge on any atom is -0.506 e. The third-order valence-electron chi connectivity index (χ3n) is 1.64. The van der Waals surface area contributed by atoms with Crippen molar-refractivity contribution >= 4 is 28.6 Å².